The lowest BCUT2D eigenvalue weighted by molar-refractivity contribution is 0.265. The molecule has 0 aromatic carbocycles. The van der Waals surface area contributed by atoms with Crippen molar-refractivity contribution in [1.82, 2.24) is 20.4 Å². The zero-order valence-electron chi connectivity index (χ0n) is 11.9. The fourth-order valence-electron chi connectivity index (χ4n) is 3.11. The second-order valence-electron chi connectivity index (χ2n) is 6.11. The van der Waals surface area contributed by atoms with Gasteiger partial charge < -0.3 is 14.7 Å². The van der Waals surface area contributed by atoms with Crippen LogP contribution in [-0.2, 0) is 0 Å². The van der Waals surface area contributed by atoms with Crippen molar-refractivity contribution < 1.29 is 4.52 Å². The molecule has 3 heterocycles. The van der Waals surface area contributed by atoms with E-state index < -0.39 is 0 Å². The molecule has 106 valence electrons. The molecule has 0 amide bonds. The summed E-state index contributed by atoms with van der Waals surface area (Å²) in [4.78, 5) is 7.15. The summed E-state index contributed by atoms with van der Waals surface area (Å²) in [6, 6.07) is 0.606. The van der Waals surface area contributed by atoms with Crippen LogP contribution in [0.15, 0.2) is 4.52 Å². The highest BCUT2D eigenvalue weighted by atomic mass is 16.5. The first-order chi connectivity index (χ1) is 9.24. The lowest BCUT2D eigenvalue weighted by atomic mass is 9.99. The van der Waals surface area contributed by atoms with Crippen LogP contribution >= 0.6 is 0 Å². The standard InChI is InChI=1S/C14H24N4O/c1-10(2)18-7-5-12(9-18)14-16-13(17-19-14)11-4-3-6-15-8-11/h10-12,15H,3-9H2,1-2H3. The fraction of sp³-hybridized carbons (Fsp3) is 0.857. The van der Waals surface area contributed by atoms with Crippen LogP contribution in [0.5, 0.6) is 0 Å². The van der Waals surface area contributed by atoms with Crippen LogP contribution in [0.25, 0.3) is 0 Å². The Bertz CT molecular complexity index is 411. The molecule has 2 aliphatic heterocycles. The molecule has 2 atom stereocenters. The molecule has 1 aromatic heterocycles. The minimum atomic E-state index is 0.431. The van der Waals surface area contributed by atoms with Crippen molar-refractivity contribution in [2.24, 2.45) is 0 Å². The predicted molar refractivity (Wildman–Crippen MR) is 73.2 cm³/mol. The highest BCUT2D eigenvalue weighted by Gasteiger charge is 2.30. The van der Waals surface area contributed by atoms with Crippen molar-refractivity contribution in [2.75, 3.05) is 26.2 Å². The number of rotatable bonds is 3. The minimum Gasteiger partial charge on any atom is -0.339 e. The van der Waals surface area contributed by atoms with E-state index in [1.807, 2.05) is 0 Å². The molecular weight excluding hydrogens is 240 g/mol. The Morgan fingerprint density at radius 1 is 1.32 bits per heavy atom. The molecule has 0 bridgehead atoms. The Morgan fingerprint density at radius 2 is 2.21 bits per heavy atom. The third kappa shape index (κ3) is 2.82. The van der Waals surface area contributed by atoms with Gasteiger partial charge in [0.05, 0.1) is 5.92 Å². The molecule has 19 heavy (non-hydrogen) atoms. The normalized spacial score (nSPS) is 29.2. The summed E-state index contributed by atoms with van der Waals surface area (Å²) in [6.45, 7) is 8.80. The molecule has 5 heteroatoms. The SMILES string of the molecule is CC(C)N1CCC(c2nc(C3CCCNC3)no2)C1. The molecule has 5 nitrogen and oxygen atoms in total. The van der Waals surface area contributed by atoms with Gasteiger partial charge in [-0.05, 0) is 46.2 Å². The van der Waals surface area contributed by atoms with Gasteiger partial charge >= 0.3 is 0 Å². The van der Waals surface area contributed by atoms with Crippen molar-refractivity contribution in [2.45, 2.75) is 51.0 Å². The van der Waals surface area contributed by atoms with Crippen molar-refractivity contribution in [1.29, 1.82) is 0 Å². The average Bonchev–Trinajstić information content (AvgIpc) is 3.09. The van der Waals surface area contributed by atoms with Gasteiger partial charge in [-0.3, -0.25) is 0 Å². The highest BCUT2D eigenvalue weighted by molar-refractivity contribution is 5.03. The smallest absolute Gasteiger partial charge is 0.231 e. The van der Waals surface area contributed by atoms with Crippen LogP contribution in [0, 0.1) is 0 Å². The predicted octanol–water partition coefficient (Wildman–Crippen LogP) is 1.73. The van der Waals surface area contributed by atoms with Crippen LogP contribution in [0.3, 0.4) is 0 Å². The summed E-state index contributed by atoms with van der Waals surface area (Å²) in [5, 5.41) is 7.61. The van der Waals surface area contributed by atoms with Gasteiger partial charge in [-0.1, -0.05) is 5.16 Å². The maximum absolute atomic E-state index is 5.51. The molecule has 0 radical (unpaired) electrons. The Balaban J connectivity index is 1.65. The molecule has 3 rings (SSSR count). The first-order valence-corrected chi connectivity index (χ1v) is 7.52. The number of piperidine rings is 1. The number of hydrogen-bond donors (Lipinski definition) is 1. The quantitative estimate of drug-likeness (QED) is 0.901. The second kappa shape index (κ2) is 5.59. The summed E-state index contributed by atoms with van der Waals surface area (Å²) in [7, 11) is 0. The van der Waals surface area contributed by atoms with E-state index in [4.69, 9.17) is 4.52 Å². The van der Waals surface area contributed by atoms with E-state index in [9.17, 15) is 0 Å². The van der Waals surface area contributed by atoms with Gasteiger partial charge in [0.25, 0.3) is 0 Å². The van der Waals surface area contributed by atoms with Gasteiger partial charge in [0, 0.05) is 25.0 Å². The third-order valence-electron chi connectivity index (χ3n) is 4.42. The summed E-state index contributed by atoms with van der Waals surface area (Å²) < 4.78 is 5.51. The van der Waals surface area contributed by atoms with E-state index in [1.165, 1.54) is 12.8 Å². The van der Waals surface area contributed by atoms with Gasteiger partial charge in [0.15, 0.2) is 5.82 Å². The first kappa shape index (κ1) is 13.1. The molecule has 2 saturated heterocycles. The third-order valence-corrected chi connectivity index (χ3v) is 4.42. The van der Waals surface area contributed by atoms with Gasteiger partial charge in [-0.25, -0.2) is 0 Å². The van der Waals surface area contributed by atoms with E-state index in [-0.39, 0.29) is 0 Å². The Morgan fingerprint density at radius 3 is 2.89 bits per heavy atom. The monoisotopic (exact) mass is 264 g/mol. The molecule has 0 spiro atoms. The van der Waals surface area contributed by atoms with Crippen LogP contribution in [-0.4, -0.2) is 47.3 Å². The summed E-state index contributed by atoms with van der Waals surface area (Å²) in [5.74, 6) is 2.63. The summed E-state index contributed by atoms with van der Waals surface area (Å²) in [6.07, 6.45) is 3.52. The largest absolute Gasteiger partial charge is 0.339 e. The first-order valence-electron chi connectivity index (χ1n) is 7.52. The van der Waals surface area contributed by atoms with Crippen molar-refractivity contribution in [3.8, 4) is 0 Å². The minimum absolute atomic E-state index is 0.431. The van der Waals surface area contributed by atoms with Crippen molar-refractivity contribution in [3.63, 3.8) is 0 Å². The fourth-order valence-corrected chi connectivity index (χ4v) is 3.11. The number of nitrogens with zero attached hydrogens (tertiary/aromatic N) is 3. The number of hydrogen-bond acceptors (Lipinski definition) is 5. The zero-order chi connectivity index (χ0) is 13.2. The van der Waals surface area contributed by atoms with Crippen LogP contribution in [0.1, 0.15) is 56.7 Å². The molecule has 1 aromatic rings. The second-order valence-corrected chi connectivity index (χ2v) is 6.11. The van der Waals surface area contributed by atoms with Gasteiger partial charge in [0.2, 0.25) is 5.89 Å². The maximum Gasteiger partial charge on any atom is 0.231 e. The molecule has 2 unspecified atom stereocenters. The molecular formula is C14H24N4O. The van der Waals surface area contributed by atoms with Gasteiger partial charge in [0.1, 0.15) is 0 Å². The van der Waals surface area contributed by atoms with E-state index >= 15 is 0 Å². The molecule has 0 saturated carbocycles. The van der Waals surface area contributed by atoms with Gasteiger partial charge in [-0.2, -0.15) is 4.98 Å². The molecule has 0 aliphatic carbocycles. The van der Waals surface area contributed by atoms with E-state index in [0.29, 0.717) is 17.9 Å². The summed E-state index contributed by atoms with van der Waals surface area (Å²) in [5.41, 5.74) is 0. The Labute approximate surface area is 114 Å². The van der Waals surface area contributed by atoms with Gasteiger partial charge in [-0.15, -0.1) is 0 Å². The average molecular weight is 264 g/mol. The Hall–Kier alpha value is -0.940. The van der Waals surface area contributed by atoms with Crippen LogP contribution in [0.4, 0.5) is 0 Å². The molecule has 2 fully saturated rings. The topological polar surface area (TPSA) is 54.2 Å². The maximum atomic E-state index is 5.51. The molecule has 2 aliphatic rings. The molecule has 1 N–H and O–H groups in total. The lowest BCUT2D eigenvalue weighted by Crippen LogP contribution is -2.29. The van der Waals surface area contributed by atoms with Crippen LogP contribution in [0.2, 0.25) is 0 Å². The van der Waals surface area contributed by atoms with Crippen molar-refractivity contribution >= 4 is 0 Å². The highest BCUT2D eigenvalue weighted by Crippen LogP contribution is 2.29. The lowest BCUT2D eigenvalue weighted by Gasteiger charge is -2.19. The van der Waals surface area contributed by atoms with E-state index in [2.05, 4.69) is 34.2 Å². The number of likely N-dealkylation sites (tertiary alicyclic amines) is 1. The summed E-state index contributed by atoms with van der Waals surface area (Å²) >= 11 is 0. The Kier molecular flexibility index (Phi) is 3.84. The van der Waals surface area contributed by atoms with E-state index in [0.717, 1.165) is 44.3 Å². The van der Waals surface area contributed by atoms with Crippen molar-refractivity contribution in [3.05, 3.63) is 11.7 Å². The number of nitrogens with one attached hydrogen (secondary N) is 1. The van der Waals surface area contributed by atoms with Crippen LogP contribution < -0.4 is 5.32 Å². The zero-order valence-corrected chi connectivity index (χ0v) is 11.9. The number of aromatic nitrogens is 2. The van der Waals surface area contributed by atoms with E-state index in [1.54, 1.807) is 0 Å².